The summed E-state index contributed by atoms with van der Waals surface area (Å²) in [7, 11) is 0. The first-order chi connectivity index (χ1) is 11.0. The summed E-state index contributed by atoms with van der Waals surface area (Å²) in [5.74, 6) is -0.180. The van der Waals surface area contributed by atoms with Gasteiger partial charge in [-0.2, -0.15) is 9.50 Å². The van der Waals surface area contributed by atoms with Gasteiger partial charge in [-0.1, -0.05) is 36.2 Å². The molecule has 118 valence electrons. The topological polar surface area (TPSA) is 86.2 Å². The molecule has 0 aliphatic carbocycles. The van der Waals surface area contributed by atoms with Crippen molar-refractivity contribution < 1.29 is 4.79 Å². The summed E-state index contributed by atoms with van der Waals surface area (Å²) in [6.45, 7) is 1.80. The van der Waals surface area contributed by atoms with Crippen molar-refractivity contribution in [3.8, 4) is 0 Å². The van der Waals surface area contributed by atoms with Crippen molar-refractivity contribution in [3.05, 3.63) is 51.8 Å². The Hall–Kier alpha value is -2.18. The zero-order valence-electron chi connectivity index (χ0n) is 12.2. The summed E-state index contributed by atoms with van der Waals surface area (Å²) in [5.41, 5.74) is 6.91. The van der Waals surface area contributed by atoms with Crippen LogP contribution >= 0.6 is 23.2 Å². The molecule has 23 heavy (non-hydrogen) atoms. The molecule has 0 radical (unpaired) electrons. The van der Waals surface area contributed by atoms with Crippen molar-refractivity contribution in [2.75, 3.05) is 5.73 Å². The number of nitrogen functional groups attached to an aromatic ring is 1. The SMILES string of the molecule is CCC(=O)C(c1ccc(Cl)cc1Cl)c1ccnc2nc(N)nn12. The minimum absolute atomic E-state index is 0.00389. The smallest absolute Gasteiger partial charge is 0.254 e. The van der Waals surface area contributed by atoms with Crippen LogP contribution in [-0.2, 0) is 4.79 Å². The number of hydrogen-bond acceptors (Lipinski definition) is 5. The number of nitrogens with two attached hydrogens (primary N) is 1. The number of nitrogens with zero attached hydrogens (tertiary/aromatic N) is 4. The number of benzene rings is 1. The van der Waals surface area contributed by atoms with Crippen LogP contribution in [0.15, 0.2) is 30.5 Å². The lowest BCUT2D eigenvalue weighted by Gasteiger charge is -2.18. The van der Waals surface area contributed by atoms with Gasteiger partial charge < -0.3 is 5.73 Å². The first-order valence-corrected chi connectivity index (χ1v) is 7.71. The molecule has 1 aromatic carbocycles. The Labute approximate surface area is 142 Å². The van der Waals surface area contributed by atoms with E-state index in [0.717, 1.165) is 0 Å². The second-order valence-corrected chi connectivity index (χ2v) is 5.81. The van der Waals surface area contributed by atoms with E-state index >= 15 is 0 Å². The van der Waals surface area contributed by atoms with Gasteiger partial charge in [-0.15, -0.1) is 5.10 Å². The van der Waals surface area contributed by atoms with Crippen LogP contribution in [0, 0.1) is 0 Å². The van der Waals surface area contributed by atoms with Crippen molar-refractivity contribution in [1.82, 2.24) is 19.6 Å². The Balaban J connectivity index is 2.25. The third-order valence-corrected chi connectivity index (χ3v) is 4.09. The number of aromatic nitrogens is 4. The van der Waals surface area contributed by atoms with E-state index in [4.69, 9.17) is 28.9 Å². The zero-order chi connectivity index (χ0) is 16.6. The minimum atomic E-state index is -0.601. The Morgan fingerprint density at radius 2 is 2.13 bits per heavy atom. The van der Waals surface area contributed by atoms with Crippen molar-refractivity contribution in [3.63, 3.8) is 0 Å². The lowest BCUT2D eigenvalue weighted by atomic mass is 9.90. The minimum Gasteiger partial charge on any atom is -0.366 e. The Bertz CT molecular complexity index is 893. The highest BCUT2D eigenvalue weighted by molar-refractivity contribution is 6.35. The lowest BCUT2D eigenvalue weighted by molar-refractivity contribution is -0.119. The van der Waals surface area contributed by atoms with Gasteiger partial charge >= 0.3 is 0 Å². The second-order valence-electron chi connectivity index (χ2n) is 4.97. The van der Waals surface area contributed by atoms with Crippen LogP contribution in [0.5, 0.6) is 0 Å². The van der Waals surface area contributed by atoms with Gasteiger partial charge in [0.25, 0.3) is 5.78 Å². The fraction of sp³-hybridized carbons (Fsp3) is 0.200. The summed E-state index contributed by atoms with van der Waals surface area (Å²) in [6.07, 6.45) is 1.91. The monoisotopic (exact) mass is 349 g/mol. The van der Waals surface area contributed by atoms with E-state index in [0.29, 0.717) is 33.5 Å². The van der Waals surface area contributed by atoms with Crippen LogP contribution in [0.4, 0.5) is 5.95 Å². The molecule has 0 saturated heterocycles. The number of ketones is 1. The molecule has 2 N–H and O–H groups in total. The average molecular weight is 350 g/mol. The van der Waals surface area contributed by atoms with Gasteiger partial charge in [-0.3, -0.25) is 4.79 Å². The Kier molecular flexibility index (Phi) is 4.19. The summed E-state index contributed by atoms with van der Waals surface area (Å²) >= 11 is 12.3. The molecule has 1 unspecified atom stereocenters. The van der Waals surface area contributed by atoms with E-state index in [1.165, 1.54) is 4.52 Å². The van der Waals surface area contributed by atoms with Gasteiger partial charge in [0, 0.05) is 22.7 Å². The van der Waals surface area contributed by atoms with Gasteiger partial charge in [0.2, 0.25) is 5.95 Å². The third-order valence-electron chi connectivity index (χ3n) is 3.53. The fourth-order valence-corrected chi connectivity index (χ4v) is 3.00. The number of Topliss-reactive ketones (excluding diaryl/α,β-unsaturated/α-hetero) is 1. The van der Waals surface area contributed by atoms with Gasteiger partial charge in [0.05, 0.1) is 11.6 Å². The number of rotatable bonds is 4. The van der Waals surface area contributed by atoms with Crippen molar-refractivity contribution in [2.24, 2.45) is 0 Å². The first kappa shape index (κ1) is 15.7. The number of hydrogen-bond donors (Lipinski definition) is 1. The predicted octanol–water partition coefficient (Wildman–Crippen LogP) is 3.12. The van der Waals surface area contributed by atoms with E-state index in [-0.39, 0.29) is 11.7 Å². The van der Waals surface area contributed by atoms with Gasteiger partial charge in [-0.05, 0) is 23.8 Å². The van der Waals surface area contributed by atoms with Crippen LogP contribution in [0.25, 0.3) is 5.78 Å². The van der Waals surface area contributed by atoms with E-state index in [1.54, 1.807) is 37.4 Å². The second kappa shape index (κ2) is 6.14. The maximum Gasteiger partial charge on any atom is 0.254 e. The lowest BCUT2D eigenvalue weighted by Crippen LogP contribution is -2.17. The Morgan fingerprint density at radius 3 is 2.83 bits per heavy atom. The molecule has 0 bridgehead atoms. The summed E-state index contributed by atoms with van der Waals surface area (Å²) in [6, 6.07) is 6.77. The van der Waals surface area contributed by atoms with Crippen molar-refractivity contribution in [1.29, 1.82) is 0 Å². The molecule has 0 amide bonds. The molecule has 0 aliphatic heterocycles. The number of fused-ring (bicyclic) bond motifs is 1. The zero-order valence-corrected chi connectivity index (χ0v) is 13.7. The predicted molar refractivity (Wildman–Crippen MR) is 88.8 cm³/mol. The summed E-state index contributed by atoms with van der Waals surface area (Å²) in [4.78, 5) is 20.7. The van der Waals surface area contributed by atoms with Crippen LogP contribution in [-0.4, -0.2) is 25.4 Å². The molecule has 0 spiro atoms. The molecule has 0 fully saturated rings. The molecule has 0 aliphatic rings. The molecular weight excluding hydrogens is 337 g/mol. The third kappa shape index (κ3) is 2.87. The molecule has 2 heterocycles. The maximum absolute atomic E-state index is 12.6. The van der Waals surface area contributed by atoms with Crippen LogP contribution in [0.1, 0.15) is 30.5 Å². The van der Waals surface area contributed by atoms with E-state index in [9.17, 15) is 4.79 Å². The van der Waals surface area contributed by atoms with Crippen molar-refractivity contribution >= 4 is 40.7 Å². The quantitative estimate of drug-likeness (QED) is 0.781. The highest BCUT2D eigenvalue weighted by Crippen LogP contribution is 2.33. The molecular formula is C15H13Cl2N5O. The standard InChI is InChI=1S/C15H13Cl2N5O/c1-2-12(23)13(9-4-3-8(16)7-10(9)17)11-5-6-19-15-20-14(18)21-22(11)15/h3-7,13H,2H2,1H3,(H2,18,21). The fourth-order valence-electron chi connectivity index (χ4n) is 2.48. The highest BCUT2D eigenvalue weighted by Gasteiger charge is 2.27. The van der Waals surface area contributed by atoms with E-state index in [2.05, 4.69) is 15.1 Å². The molecule has 8 heteroatoms. The normalized spacial score (nSPS) is 12.5. The molecule has 6 nitrogen and oxygen atoms in total. The average Bonchev–Trinajstić information content (AvgIpc) is 2.90. The van der Waals surface area contributed by atoms with E-state index in [1.807, 2.05) is 0 Å². The van der Waals surface area contributed by atoms with Crippen molar-refractivity contribution in [2.45, 2.75) is 19.3 Å². The van der Waals surface area contributed by atoms with Crippen LogP contribution < -0.4 is 5.73 Å². The summed E-state index contributed by atoms with van der Waals surface area (Å²) in [5, 5.41) is 5.05. The van der Waals surface area contributed by atoms with Crippen LogP contribution in [0.2, 0.25) is 10.0 Å². The Morgan fingerprint density at radius 1 is 1.35 bits per heavy atom. The van der Waals surface area contributed by atoms with E-state index < -0.39 is 5.92 Å². The molecule has 1 atom stereocenters. The largest absolute Gasteiger partial charge is 0.366 e. The number of carbonyl (C=O) groups is 1. The summed E-state index contributed by atoms with van der Waals surface area (Å²) < 4.78 is 1.47. The number of carbonyl (C=O) groups excluding carboxylic acids is 1. The molecule has 2 aromatic heterocycles. The first-order valence-electron chi connectivity index (χ1n) is 6.96. The van der Waals surface area contributed by atoms with Gasteiger partial charge in [-0.25, -0.2) is 4.98 Å². The van der Waals surface area contributed by atoms with Gasteiger partial charge in [0.15, 0.2) is 0 Å². The molecule has 0 saturated carbocycles. The highest BCUT2D eigenvalue weighted by atomic mass is 35.5. The number of anilines is 1. The molecule has 3 rings (SSSR count). The maximum atomic E-state index is 12.6. The number of halogens is 2. The van der Waals surface area contributed by atoms with Gasteiger partial charge in [0.1, 0.15) is 5.78 Å². The molecule has 3 aromatic rings. The van der Waals surface area contributed by atoms with Crippen LogP contribution in [0.3, 0.4) is 0 Å².